The molecule has 0 aliphatic rings. The van der Waals surface area contributed by atoms with Crippen LogP contribution in [0.3, 0.4) is 0 Å². The van der Waals surface area contributed by atoms with Gasteiger partial charge in [0.2, 0.25) is 0 Å². The van der Waals surface area contributed by atoms with Gasteiger partial charge < -0.3 is 15.7 Å². The highest BCUT2D eigenvalue weighted by Gasteiger charge is 2.09. The molecule has 0 radical (unpaired) electrons. The number of amides is 2. The van der Waals surface area contributed by atoms with Gasteiger partial charge in [-0.25, -0.2) is 4.79 Å². The largest absolute Gasteiger partial charge is 0.387 e. The fourth-order valence-corrected chi connectivity index (χ4v) is 2.06. The van der Waals surface area contributed by atoms with Gasteiger partial charge in [0.05, 0.1) is 17.7 Å². The lowest BCUT2D eigenvalue weighted by molar-refractivity contribution is 0.173. The first-order valence-corrected chi connectivity index (χ1v) is 7.40. The lowest BCUT2D eigenvalue weighted by Gasteiger charge is -2.13. The number of carbonyl (C=O) groups is 1. The van der Waals surface area contributed by atoms with Crippen LogP contribution in [0.2, 0.25) is 5.02 Å². The first kappa shape index (κ1) is 16.8. The third-order valence-electron chi connectivity index (χ3n) is 3.25. The number of nitrogens with zero attached hydrogens (tertiary/aromatic N) is 1. The normalized spacial score (nSPS) is 11.3. The highest BCUT2D eigenvalue weighted by Crippen LogP contribution is 2.15. The molecule has 0 saturated carbocycles. The number of aliphatic hydroxyl groups is 1. The Morgan fingerprint density at radius 3 is 2.39 bits per heavy atom. The number of rotatable bonds is 5. The number of nitrogens with one attached hydrogen (secondary N) is 2. The Balaban J connectivity index is 1.76. The molecule has 2 amide bonds. The number of hydrogen-bond donors (Lipinski definition) is 3. The van der Waals surface area contributed by atoms with Crippen molar-refractivity contribution >= 4 is 17.6 Å². The van der Waals surface area contributed by atoms with Crippen molar-refractivity contribution in [2.24, 2.45) is 0 Å². The molecule has 0 spiro atoms. The van der Waals surface area contributed by atoms with Crippen molar-refractivity contribution in [3.63, 3.8) is 0 Å². The Bertz CT molecular complexity index is 693. The maximum absolute atomic E-state index is 11.7. The first-order chi connectivity index (χ1) is 11.1. The molecule has 0 heterocycles. The fraction of sp³-hybridized carbons (Fsp3) is 0.176. The molecule has 2 aromatic rings. The van der Waals surface area contributed by atoms with Crippen LogP contribution in [0.1, 0.15) is 22.8 Å². The summed E-state index contributed by atoms with van der Waals surface area (Å²) in [5.74, 6) is 0. The Labute approximate surface area is 139 Å². The van der Waals surface area contributed by atoms with Gasteiger partial charge in [-0.15, -0.1) is 0 Å². The SMILES string of the molecule is N#Cc1ccc(CNC(=O)NCC(O)c2ccc(Cl)cc2)cc1. The fourth-order valence-electron chi connectivity index (χ4n) is 1.93. The number of carbonyl (C=O) groups excluding carboxylic acids is 1. The quantitative estimate of drug-likeness (QED) is 0.788. The van der Waals surface area contributed by atoms with Crippen LogP contribution >= 0.6 is 11.6 Å². The van der Waals surface area contributed by atoms with Crippen molar-refractivity contribution < 1.29 is 9.90 Å². The standard InChI is InChI=1S/C17H16ClN3O2/c18-15-7-5-14(6-8-15)16(22)11-21-17(23)20-10-13-3-1-12(9-19)2-4-13/h1-8,16,22H,10-11H2,(H2,20,21,23). The van der Waals surface area contributed by atoms with Gasteiger partial charge in [0, 0.05) is 18.1 Å². The number of urea groups is 1. The summed E-state index contributed by atoms with van der Waals surface area (Å²) in [5, 5.41) is 24.6. The highest BCUT2D eigenvalue weighted by atomic mass is 35.5. The summed E-state index contributed by atoms with van der Waals surface area (Å²) in [5.41, 5.74) is 2.14. The molecule has 0 aliphatic carbocycles. The summed E-state index contributed by atoms with van der Waals surface area (Å²) >= 11 is 5.78. The van der Waals surface area contributed by atoms with Crippen molar-refractivity contribution in [1.29, 1.82) is 5.26 Å². The van der Waals surface area contributed by atoms with E-state index in [0.29, 0.717) is 22.7 Å². The van der Waals surface area contributed by atoms with Crippen LogP contribution < -0.4 is 10.6 Å². The third kappa shape index (κ3) is 5.29. The molecular weight excluding hydrogens is 314 g/mol. The average Bonchev–Trinajstić information content (AvgIpc) is 2.59. The number of hydrogen-bond acceptors (Lipinski definition) is 3. The second kappa shape index (κ2) is 8.18. The second-order valence-corrected chi connectivity index (χ2v) is 5.38. The van der Waals surface area contributed by atoms with Gasteiger partial charge in [0.1, 0.15) is 0 Å². The molecule has 2 aromatic carbocycles. The van der Waals surface area contributed by atoms with Gasteiger partial charge in [0.15, 0.2) is 0 Å². The van der Waals surface area contributed by atoms with Crippen LogP contribution in [-0.4, -0.2) is 17.7 Å². The van der Waals surface area contributed by atoms with E-state index in [2.05, 4.69) is 10.6 Å². The van der Waals surface area contributed by atoms with E-state index in [4.69, 9.17) is 16.9 Å². The topological polar surface area (TPSA) is 85.2 Å². The second-order valence-electron chi connectivity index (χ2n) is 4.94. The smallest absolute Gasteiger partial charge is 0.315 e. The van der Waals surface area contributed by atoms with E-state index in [1.54, 1.807) is 48.5 Å². The molecule has 23 heavy (non-hydrogen) atoms. The minimum atomic E-state index is -0.798. The van der Waals surface area contributed by atoms with Gasteiger partial charge in [0.25, 0.3) is 0 Å². The molecule has 118 valence electrons. The van der Waals surface area contributed by atoms with E-state index in [-0.39, 0.29) is 12.6 Å². The summed E-state index contributed by atoms with van der Waals surface area (Å²) < 4.78 is 0. The van der Waals surface area contributed by atoms with E-state index in [9.17, 15) is 9.90 Å². The summed E-state index contributed by atoms with van der Waals surface area (Å²) in [6, 6.07) is 15.4. The number of benzene rings is 2. The highest BCUT2D eigenvalue weighted by molar-refractivity contribution is 6.30. The molecule has 1 unspecified atom stereocenters. The first-order valence-electron chi connectivity index (χ1n) is 7.03. The zero-order chi connectivity index (χ0) is 16.7. The van der Waals surface area contributed by atoms with Gasteiger partial charge in [-0.05, 0) is 35.4 Å². The predicted octanol–water partition coefficient (Wildman–Crippen LogP) is 2.74. The lowest BCUT2D eigenvalue weighted by atomic mass is 10.1. The van der Waals surface area contributed by atoms with E-state index >= 15 is 0 Å². The number of halogens is 1. The summed E-state index contributed by atoms with van der Waals surface area (Å²) in [6.45, 7) is 0.440. The number of aliphatic hydroxyl groups excluding tert-OH is 1. The molecule has 0 aromatic heterocycles. The maximum atomic E-state index is 11.7. The van der Waals surface area contributed by atoms with Crippen molar-refractivity contribution in [2.45, 2.75) is 12.6 Å². The zero-order valence-electron chi connectivity index (χ0n) is 12.3. The van der Waals surface area contributed by atoms with Crippen LogP contribution in [0.4, 0.5) is 4.79 Å². The summed E-state index contributed by atoms with van der Waals surface area (Å²) in [4.78, 5) is 11.7. The molecule has 0 fully saturated rings. The molecule has 0 aliphatic heterocycles. The third-order valence-corrected chi connectivity index (χ3v) is 3.50. The summed E-state index contributed by atoms with van der Waals surface area (Å²) in [6.07, 6.45) is -0.798. The molecule has 0 saturated heterocycles. The lowest BCUT2D eigenvalue weighted by Crippen LogP contribution is -2.37. The van der Waals surface area contributed by atoms with Gasteiger partial charge >= 0.3 is 6.03 Å². The Morgan fingerprint density at radius 2 is 1.78 bits per heavy atom. The van der Waals surface area contributed by atoms with Crippen LogP contribution in [0.5, 0.6) is 0 Å². The molecule has 6 heteroatoms. The molecule has 0 bridgehead atoms. The van der Waals surface area contributed by atoms with Crippen molar-refractivity contribution in [2.75, 3.05) is 6.54 Å². The van der Waals surface area contributed by atoms with E-state index < -0.39 is 6.10 Å². The molecule has 2 rings (SSSR count). The predicted molar refractivity (Wildman–Crippen MR) is 87.8 cm³/mol. The minimum Gasteiger partial charge on any atom is -0.387 e. The minimum absolute atomic E-state index is 0.0981. The zero-order valence-corrected chi connectivity index (χ0v) is 13.0. The van der Waals surface area contributed by atoms with E-state index in [1.807, 2.05) is 6.07 Å². The number of nitriles is 1. The van der Waals surface area contributed by atoms with Gasteiger partial charge in [-0.3, -0.25) is 0 Å². The monoisotopic (exact) mass is 329 g/mol. The van der Waals surface area contributed by atoms with Gasteiger partial charge in [-0.1, -0.05) is 35.9 Å². The van der Waals surface area contributed by atoms with Crippen LogP contribution in [-0.2, 0) is 6.54 Å². The Morgan fingerprint density at radius 1 is 1.13 bits per heavy atom. The van der Waals surface area contributed by atoms with Gasteiger partial charge in [-0.2, -0.15) is 5.26 Å². The van der Waals surface area contributed by atoms with Crippen LogP contribution in [0.15, 0.2) is 48.5 Å². The maximum Gasteiger partial charge on any atom is 0.315 e. The average molecular weight is 330 g/mol. The molecular formula is C17H16ClN3O2. The summed E-state index contributed by atoms with van der Waals surface area (Å²) in [7, 11) is 0. The molecule has 3 N–H and O–H groups in total. The Kier molecular flexibility index (Phi) is 5.98. The Hall–Kier alpha value is -2.55. The van der Waals surface area contributed by atoms with Crippen molar-refractivity contribution in [3.8, 4) is 6.07 Å². The van der Waals surface area contributed by atoms with Crippen LogP contribution in [0, 0.1) is 11.3 Å². The molecule has 1 atom stereocenters. The van der Waals surface area contributed by atoms with Crippen molar-refractivity contribution in [1.82, 2.24) is 10.6 Å². The van der Waals surface area contributed by atoms with E-state index in [0.717, 1.165) is 5.56 Å². The van der Waals surface area contributed by atoms with Crippen LogP contribution in [0.25, 0.3) is 0 Å². The molecule has 5 nitrogen and oxygen atoms in total. The van der Waals surface area contributed by atoms with Crippen molar-refractivity contribution in [3.05, 3.63) is 70.2 Å². The van der Waals surface area contributed by atoms with E-state index in [1.165, 1.54) is 0 Å².